The first kappa shape index (κ1) is 12.8. The lowest BCUT2D eigenvalue weighted by atomic mass is 9.99. The molecule has 1 unspecified atom stereocenters. The summed E-state index contributed by atoms with van der Waals surface area (Å²) >= 11 is 0. The second kappa shape index (κ2) is 5.83. The van der Waals surface area contributed by atoms with Gasteiger partial charge in [0.1, 0.15) is 6.54 Å². The van der Waals surface area contributed by atoms with Crippen LogP contribution >= 0.6 is 0 Å². The molecule has 0 aromatic carbocycles. The smallest absolute Gasteiger partial charge is 0.312 e. The number of nitriles is 1. The number of nitrogens with zero attached hydrogens (tertiary/aromatic N) is 3. The van der Waals surface area contributed by atoms with Crippen LogP contribution in [0, 0.1) is 11.3 Å². The molecule has 2 amide bonds. The second-order valence-corrected chi connectivity index (χ2v) is 4.78. The normalized spacial score (nSPS) is 23.9. The van der Waals surface area contributed by atoms with E-state index in [0.29, 0.717) is 19.1 Å². The molecule has 6 nitrogen and oxygen atoms in total. The highest BCUT2D eigenvalue weighted by molar-refractivity contribution is 6.35. The van der Waals surface area contributed by atoms with Crippen LogP contribution in [0.15, 0.2) is 0 Å². The fourth-order valence-electron chi connectivity index (χ4n) is 2.68. The Balaban J connectivity index is 1.88. The number of piperidine rings is 1. The number of hydrogen-bond acceptors (Lipinski definition) is 4. The predicted octanol–water partition coefficient (Wildman–Crippen LogP) is -0.677. The standard InChI is InChI=1S/C12H18N4O2/c13-4-5-14-11(17)12(18)16-8-7-15-6-2-1-3-10(15)9-16/h10H,1-3,5-9H2,(H,14,17). The van der Waals surface area contributed by atoms with Crippen molar-refractivity contribution in [1.82, 2.24) is 15.1 Å². The quantitative estimate of drug-likeness (QED) is 0.494. The summed E-state index contributed by atoms with van der Waals surface area (Å²) in [5, 5.41) is 10.7. The molecule has 18 heavy (non-hydrogen) atoms. The molecule has 98 valence electrons. The molecule has 0 saturated carbocycles. The van der Waals surface area contributed by atoms with Crippen molar-refractivity contribution in [2.75, 3.05) is 32.7 Å². The van der Waals surface area contributed by atoms with E-state index in [-0.39, 0.29) is 6.54 Å². The van der Waals surface area contributed by atoms with Gasteiger partial charge in [0.25, 0.3) is 0 Å². The third-order valence-corrected chi connectivity index (χ3v) is 3.65. The Morgan fingerprint density at radius 2 is 2.11 bits per heavy atom. The Kier molecular flexibility index (Phi) is 4.15. The van der Waals surface area contributed by atoms with Gasteiger partial charge in [0.05, 0.1) is 6.07 Å². The first-order valence-corrected chi connectivity index (χ1v) is 6.40. The Bertz CT molecular complexity index is 377. The van der Waals surface area contributed by atoms with Crippen molar-refractivity contribution in [3.8, 4) is 6.07 Å². The van der Waals surface area contributed by atoms with Crippen LogP contribution in [0.2, 0.25) is 0 Å². The predicted molar refractivity (Wildman–Crippen MR) is 64.4 cm³/mol. The van der Waals surface area contributed by atoms with E-state index in [2.05, 4.69) is 10.2 Å². The van der Waals surface area contributed by atoms with Crippen molar-refractivity contribution < 1.29 is 9.59 Å². The van der Waals surface area contributed by atoms with E-state index in [9.17, 15) is 9.59 Å². The molecule has 2 heterocycles. The molecule has 0 spiro atoms. The van der Waals surface area contributed by atoms with E-state index in [1.54, 1.807) is 11.0 Å². The molecule has 1 N–H and O–H groups in total. The maximum Gasteiger partial charge on any atom is 0.312 e. The third kappa shape index (κ3) is 2.79. The van der Waals surface area contributed by atoms with Crippen LogP contribution in [-0.2, 0) is 9.59 Å². The highest BCUT2D eigenvalue weighted by Gasteiger charge is 2.32. The molecule has 1 atom stereocenters. The highest BCUT2D eigenvalue weighted by atomic mass is 16.2. The maximum atomic E-state index is 11.9. The summed E-state index contributed by atoms with van der Waals surface area (Å²) in [6, 6.07) is 2.19. The fourth-order valence-corrected chi connectivity index (χ4v) is 2.68. The minimum atomic E-state index is -0.666. The first-order valence-electron chi connectivity index (χ1n) is 6.40. The lowest BCUT2D eigenvalue weighted by molar-refractivity contribution is -0.148. The molecular weight excluding hydrogens is 232 g/mol. The van der Waals surface area contributed by atoms with Crippen LogP contribution in [0.4, 0.5) is 0 Å². The molecule has 0 aromatic heterocycles. The summed E-state index contributed by atoms with van der Waals surface area (Å²) in [7, 11) is 0. The summed E-state index contributed by atoms with van der Waals surface area (Å²) in [4.78, 5) is 27.4. The molecule has 0 radical (unpaired) electrons. The van der Waals surface area contributed by atoms with Gasteiger partial charge >= 0.3 is 11.8 Å². The summed E-state index contributed by atoms with van der Waals surface area (Å²) in [6.45, 7) is 3.08. The van der Waals surface area contributed by atoms with Gasteiger partial charge in [-0.05, 0) is 19.4 Å². The van der Waals surface area contributed by atoms with Crippen LogP contribution in [-0.4, -0.2) is 60.4 Å². The number of amides is 2. The van der Waals surface area contributed by atoms with Gasteiger partial charge in [-0.25, -0.2) is 0 Å². The van der Waals surface area contributed by atoms with E-state index < -0.39 is 11.8 Å². The largest absolute Gasteiger partial charge is 0.335 e. The molecule has 6 heteroatoms. The number of nitrogens with one attached hydrogen (secondary N) is 1. The van der Waals surface area contributed by atoms with E-state index in [1.807, 2.05) is 0 Å². The second-order valence-electron chi connectivity index (χ2n) is 4.78. The van der Waals surface area contributed by atoms with Gasteiger partial charge in [-0.15, -0.1) is 0 Å². The van der Waals surface area contributed by atoms with E-state index in [4.69, 9.17) is 5.26 Å². The van der Waals surface area contributed by atoms with Gasteiger partial charge in [-0.1, -0.05) is 6.42 Å². The number of rotatable bonds is 1. The van der Waals surface area contributed by atoms with Crippen molar-refractivity contribution >= 4 is 11.8 Å². The van der Waals surface area contributed by atoms with Gasteiger partial charge < -0.3 is 10.2 Å². The zero-order chi connectivity index (χ0) is 13.0. The number of piperazine rings is 1. The number of fused-ring (bicyclic) bond motifs is 1. The molecular formula is C12H18N4O2. The zero-order valence-corrected chi connectivity index (χ0v) is 10.4. The van der Waals surface area contributed by atoms with Crippen molar-refractivity contribution in [3.05, 3.63) is 0 Å². The number of carbonyl (C=O) groups is 2. The van der Waals surface area contributed by atoms with Gasteiger partial charge in [-0.2, -0.15) is 5.26 Å². The Morgan fingerprint density at radius 3 is 2.89 bits per heavy atom. The van der Waals surface area contributed by atoms with Crippen LogP contribution in [0.25, 0.3) is 0 Å². The molecule has 0 aromatic rings. The van der Waals surface area contributed by atoms with Crippen LogP contribution in [0.3, 0.4) is 0 Å². The summed E-state index contributed by atoms with van der Waals surface area (Å²) in [5.74, 6) is -1.17. The van der Waals surface area contributed by atoms with Crippen LogP contribution < -0.4 is 5.32 Å². The molecule has 2 fully saturated rings. The van der Waals surface area contributed by atoms with Crippen molar-refractivity contribution in [2.24, 2.45) is 0 Å². The minimum absolute atomic E-state index is 0.117. The Morgan fingerprint density at radius 1 is 1.28 bits per heavy atom. The minimum Gasteiger partial charge on any atom is -0.335 e. The monoisotopic (exact) mass is 250 g/mol. The molecule has 2 aliphatic heterocycles. The van der Waals surface area contributed by atoms with Gasteiger partial charge in [0.2, 0.25) is 0 Å². The number of carbonyl (C=O) groups excluding carboxylic acids is 2. The first-order chi connectivity index (χ1) is 8.72. The Hall–Kier alpha value is -1.61. The van der Waals surface area contributed by atoms with E-state index >= 15 is 0 Å². The topological polar surface area (TPSA) is 76.4 Å². The van der Waals surface area contributed by atoms with Crippen molar-refractivity contribution in [3.63, 3.8) is 0 Å². The average molecular weight is 250 g/mol. The van der Waals surface area contributed by atoms with Gasteiger partial charge in [0, 0.05) is 25.7 Å². The lowest BCUT2D eigenvalue weighted by Crippen LogP contribution is -2.58. The van der Waals surface area contributed by atoms with Crippen molar-refractivity contribution in [1.29, 1.82) is 5.26 Å². The molecule has 0 bridgehead atoms. The lowest BCUT2D eigenvalue weighted by Gasteiger charge is -2.43. The highest BCUT2D eigenvalue weighted by Crippen LogP contribution is 2.20. The maximum absolute atomic E-state index is 11.9. The molecule has 2 aliphatic rings. The molecule has 2 rings (SSSR count). The molecule has 2 saturated heterocycles. The average Bonchev–Trinajstić information content (AvgIpc) is 2.43. The van der Waals surface area contributed by atoms with Crippen LogP contribution in [0.5, 0.6) is 0 Å². The van der Waals surface area contributed by atoms with Crippen molar-refractivity contribution in [2.45, 2.75) is 25.3 Å². The summed E-state index contributed by atoms with van der Waals surface area (Å²) < 4.78 is 0. The van der Waals surface area contributed by atoms with E-state index in [1.165, 1.54) is 12.8 Å². The van der Waals surface area contributed by atoms with Gasteiger partial charge in [-0.3, -0.25) is 14.5 Å². The third-order valence-electron chi connectivity index (χ3n) is 3.65. The van der Waals surface area contributed by atoms with E-state index in [0.717, 1.165) is 19.5 Å². The molecule has 0 aliphatic carbocycles. The Labute approximate surface area is 107 Å². The fraction of sp³-hybridized carbons (Fsp3) is 0.750. The zero-order valence-electron chi connectivity index (χ0n) is 10.4. The van der Waals surface area contributed by atoms with Crippen LogP contribution in [0.1, 0.15) is 19.3 Å². The SMILES string of the molecule is N#CCNC(=O)C(=O)N1CCN2CCCCC2C1. The summed E-state index contributed by atoms with van der Waals surface area (Å²) in [5.41, 5.74) is 0. The van der Waals surface area contributed by atoms with Gasteiger partial charge in [0.15, 0.2) is 0 Å². The summed E-state index contributed by atoms with van der Waals surface area (Å²) in [6.07, 6.45) is 3.53. The number of hydrogen-bond donors (Lipinski definition) is 1.